The lowest BCUT2D eigenvalue weighted by Gasteiger charge is -1.99. The largest absolute Gasteiger partial charge is 0.306 e. The van der Waals surface area contributed by atoms with Gasteiger partial charge >= 0.3 is 0 Å². The van der Waals surface area contributed by atoms with Crippen molar-refractivity contribution >= 4 is 11.3 Å². The van der Waals surface area contributed by atoms with Gasteiger partial charge in [0.15, 0.2) is 5.13 Å². The molecule has 1 N–H and O–H groups in total. The third kappa shape index (κ3) is 2.87. The molecule has 0 atom stereocenters. The van der Waals surface area contributed by atoms with Gasteiger partial charge < -0.3 is 5.32 Å². The van der Waals surface area contributed by atoms with E-state index < -0.39 is 0 Å². The number of aromatic nitrogens is 2. The molecule has 0 amide bonds. The van der Waals surface area contributed by atoms with E-state index in [1.165, 1.54) is 17.4 Å². The molecular weight excluding hydrogens is 213 g/mol. The molecule has 3 nitrogen and oxygen atoms in total. The van der Waals surface area contributed by atoms with Crippen LogP contribution < -0.4 is 5.32 Å². The first-order chi connectivity index (χ1) is 7.24. The molecule has 0 fully saturated rings. The van der Waals surface area contributed by atoms with Gasteiger partial charge in [-0.15, -0.1) is 11.3 Å². The predicted molar refractivity (Wildman–Crippen MR) is 58.0 cm³/mol. The van der Waals surface area contributed by atoms with Crippen molar-refractivity contribution < 1.29 is 4.39 Å². The van der Waals surface area contributed by atoms with E-state index in [4.69, 9.17) is 0 Å². The Labute approximate surface area is 91.5 Å². The molecule has 0 saturated carbocycles. The molecule has 0 radical (unpaired) electrons. The monoisotopic (exact) mass is 225 g/mol. The summed E-state index contributed by atoms with van der Waals surface area (Å²) in [5, 5.41) is 7.31. The van der Waals surface area contributed by atoms with Crippen molar-refractivity contribution in [3.63, 3.8) is 0 Å². The summed E-state index contributed by atoms with van der Waals surface area (Å²) >= 11 is 1.17. The van der Waals surface area contributed by atoms with E-state index in [1.54, 1.807) is 10.7 Å². The van der Waals surface area contributed by atoms with Crippen LogP contribution in [0.25, 0.3) is 0 Å². The highest BCUT2D eigenvalue weighted by Crippen LogP contribution is 2.13. The Morgan fingerprint density at radius 3 is 2.87 bits per heavy atom. The fourth-order valence-electron chi connectivity index (χ4n) is 1.32. The summed E-state index contributed by atoms with van der Waals surface area (Å²) in [5.41, 5.74) is 0.995. The lowest BCUT2D eigenvalue weighted by molar-refractivity contribution is 0.657. The third-order valence-corrected chi connectivity index (χ3v) is 2.88. The molecule has 0 aliphatic rings. The van der Waals surface area contributed by atoms with Gasteiger partial charge in [-0.25, -0.2) is 0 Å². The van der Waals surface area contributed by atoms with Crippen molar-refractivity contribution in [1.82, 2.24) is 15.1 Å². The summed E-state index contributed by atoms with van der Waals surface area (Å²) in [4.78, 5) is 1.00. The summed E-state index contributed by atoms with van der Waals surface area (Å²) in [5.74, 6) is 0. The van der Waals surface area contributed by atoms with Crippen LogP contribution in [-0.2, 0) is 20.1 Å². The van der Waals surface area contributed by atoms with Gasteiger partial charge in [-0.05, 0) is 18.2 Å². The van der Waals surface area contributed by atoms with Crippen LogP contribution in [0.2, 0.25) is 0 Å². The van der Waals surface area contributed by atoms with Crippen LogP contribution in [0.1, 0.15) is 10.6 Å². The number of rotatable bonds is 4. The highest BCUT2D eigenvalue weighted by molar-refractivity contribution is 7.10. The van der Waals surface area contributed by atoms with Crippen molar-refractivity contribution in [3.8, 4) is 0 Å². The van der Waals surface area contributed by atoms with Crippen molar-refractivity contribution in [2.45, 2.75) is 13.1 Å². The Hall–Kier alpha value is -1.20. The molecule has 0 saturated heterocycles. The van der Waals surface area contributed by atoms with E-state index in [2.05, 4.69) is 10.4 Å². The van der Waals surface area contributed by atoms with Crippen LogP contribution in [0.3, 0.4) is 0 Å². The number of hydrogen-bond acceptors (Lipinski definition) is 3. The highest BCUT2D eigenvalue weighted by Gasteiger charge is 1.99. The lowest BCUT2D eigenvalue weighted by Crippen LogP contribution is -2.12. The molecule has 0 unspecified atom stereocenters. The van der Waals surface area contributed by atoms with E-state index >= 15 is 0 Å². The van der Waals surface area contributed by atoms with E-state index in [0.29, 0.717) is 13.1 Å². The molecule has 5 heteroatoms. The van der Waals surface area contributed by atoms with E-state index in [-0.39, 0.29) is 5.13 Å². The van der Waals surface area contributed by atoms with Gasteiger partial charge in [0, 0.05) is 31.2 Å². The maximum Gasteiger partial charge on any atom is 0.176 e. The molecule has 15 heavy (non-hydrogen) atoms. The van der Waals surface area contributed by atoms with Crippen molar-refractivity contribution in [2.75, 3.05) is 0 Å². The number of halogens is 1. The minimum atomic E-state index is -0.135. The van der Waals surface area contributed by atoms with Crippen LogP contribution in [0.5, 0.6) is 0 Å². The first kappa shape index (κ1) is 10.3. The Morgan fingerprint density at radius 2 is 2.27 bits per heavy atom. The predicted octanol–water partition coefficient (Wildman–Crippen LogP) is 1.91. The van der Waals surface area contributed by atoms with Gasteiger partial charge in [-0.3, -0.25) is 4.68 Å². The lowest BCUT2D eigenvalue weighted by atomic mass is 10.4. The fraction of sp³-hybridized carbons (Fsp3) is 0.300. The van der Waals surface area contributed by atoms with Crippen LogP contribution in [-0.4, -0.2) is 9.78 Å². The smallest absolute Gasteiger partial charge is 0.176 e. The number of nitrogens with one attached hydrogen (secondary N) is 1. The Bertz CT molecular complexity index is 395. The number of aryl methyl sites for hydroxylation is 1. The average Bonchev–Trinajstić information content (AvgIpc) is 2.76. The summed E-state index contributed by atoms with van der Waals surface area (Å²) in [6.45, 7) is 1.39. The minimum absolute atomic E-state index is 0.135. The number of thiophene rings is 1. The first-order valence-corrected chi connectivity index (χ1v) is 5.49. The maximum absolute atomic E-state index is 12.7. The summed E-state index contributed by atoms with van der Waals surface area (Å²) < 4.78 is 14.4. The summed E-state index contributed by atoms with van der Waals surface area (Å²) in [7, 11) is 1.89. The maximum atomic E-state index is 12.7. The summed E-state index contributed by atoms with van der Waals surface area (Å²) in [6, 6.07) is 5.25. The topological polar surface area (TPSA) is 29.9 Å². The van der Waals surface area contributed by atoms with Crippen LogP contribution in [0, 0.1) is 5.13 Å². The quantitative estimate of drug-likeness (QED) is 0.861. The van der Waals surface area contributed by atoms with Gasteiger partial charge in [0.1, 0.15) is 0 Å². The minimum Gasteiger partial charge on any atom is -0.306 e. The second kappa shape index (κ2) is 4.55. The molecule has 0 aliphatic carbocycles. The standard InChI is InChI=1S/C10H12FN3S/c1-14-5-4-8(13-14)6-12-7-9-2-3-10(11)15-9/h2-5,12H,6-7H2,1H3. The van der Waals surface area contributed by atoms with E-state index in [0.717, 1.165) is 10.6 Å². The van der Waals surface area contributed by atoms with E-state index in [9.17, 15) is 4.39 Å². The number of nitrogens with zero attached hydrogens (tertiary/aromatic N) is 2. The van der Waals surface area contributed by atoms with Gasteiger partial charge in [0.05, 0.1) is 5.69 Å². The SMILES string of the molecule is Cn1ccc(CNCc2ccc(F)s2)n1. The van der Waals surface area contributed by atoms with E-state index in [1.807, 2.05) is 19.3 Å². The second-order valence-electron chi connectivity index (χ2n) is 3.29. The first-order valence-electron chi connectivity index (χ1n) is 4.67. The van der Waals surface area contributed by atoms with Crippen LogP contribution >= 0.6 is 11.3 Å². The molecular formula is C10H12FN3S. The fourth-order valence-corrected chi connectivity index (χ4v) is 2.01. The zero-order valence-corrected chi connectivity index (χ0v) is 9.22. The third-order valence-electron chi connectivity index (χ3n) is 2.00. The second-order valence-corrected chi connectivity index (χ2v) is 4.41. The Balaban J connectivity index is 1.80. The Kier molecular flexibility index (Phi) is 3.13. The molecule has 80 valence electrons. The highest BCUT2D eigenvalue weighted by atomic mass is 32.1. The zero-order chi connectivity index (χ0) is 10.7. The van der Waals surface area contributed by atoms with Gasteiger partial charge in [-0.2, -0.15) is 9.49 Å². The van der Waals surface area contributed by atoms with Crippen LogP contribution in [0.15, 0.2) is 24.4 Å². The summed E-state index contributed by atoms with van der Waals surface area (Å²) in [6.07, 6.45) is 1.90. The molecule has 2 heterocycles. The zero-order valence-electron chi connectivity index (χ0n) is 8.40. The van der Waals surface area contributed by atoms with Crippen molar-refractivity contribution in [1.29, 1.82) is 0 Å². The molecule has 2 rings (SSSR count). The van der Waals surface area contributed by atoms with Crippen molar-refractivity contribution in [2.24, 2.45) is 7.05 Å². The normalized spacial score (nSPS) is 10.8. The molecule has 0 aromatic carbocycles. The van der Waals surface area contributed by atoms with Gasteiger partial charge in [0.2, 0.25) is 0 Å². The van der Waals surface area contributed by atoms with Crippen LogP contribution in [0.4, 0.5) is 4.39 Å². The van der Waals surface area contributed by atoms with Gasteiger partial charge in [-0.1, -0.05) is 0 Å². The molecule has 2 aromatic rings. The molecule has 0 spiro atoms. The Morgan fingerprint density at radius 1 is 1.40 bits per heavy atom. The number of hydrogen-bond donors (Lipinski definition) is 1. The molecule has 2 aromatic heterocycles. The molecule has 0 aliphatic heterocycles. The van der Waals surface area contributed by atoms with Crippen molar-refractivity contribution in [3.05, 3.63) is 40.1 Å². The molecule has 0 bridgehead atoms. The van der Waals surface area contributed by atoms with Gasteiger partial charge in [0.25, 0.3) is 0 Å². The average molecular weight is 225 g/mol.